The van der Waals surface area contributed by atoms with E-state index in [0.717, 1.165) is 33.4 Å². The van der Waals surface area contributed by atoms with Crippen molar-refractivity contribution >= 4 is 16.9 Å². The third-order valence-electron chi connectivity index (χ3n) is 5.16. The summed E-state index contributed by atoms with van der Waals surface area (Å²) in [5, 5.41) is 14.8. The van der Waals surface area contributed by atoms with Gasteiger partial charge in [0.1, 0.15) is 12.4 Å². The number of aryl methyl sites for hydroxylation is 1. The Hall–Kier alpha value is -4.18. The number of carbonyl (C=O) groups is 1. The van der Waals surface area contributed by atoms with Crippen LogP contribution in [0.5, 0.6) is 5.75 Å². The summed E-state index contributed by atoms with van der Waals surface area (Å²) >= 11 is 0. The molecule has 0 saturated carbocycles. The van der Waals surface area contributed by atoms with E-state index in [1.165, 1.54) is 0 Å². The molecule has 0 aliphatic heterocycles. The number of benzene rings is 2. The van der Waals surface area contributed by atoms with Crippen LogP contribution in [0.25, 0.3) is 10.9 Å². The van der Waals surface area contributed by atoms with Crippen LogP contribution in [0.1, 0.15) is 41.8 Å². The zero-order valence-corrected chi connectivity index (χ0v) is 18.5. The number of nitrogens with zero attached hydrogens (tertiary/aromatic N) is 4. The lowest BCUT2D eigenvalue weighted by atomic mass is 9.96. The van der Waals surface area contributed by atoms with Crippen LogP contribution in [0.4, 0.5) is 0 Å². The van der Waals surface area contributed by atoms with Gasteiger partial charge >= 0.3 is 5.97 Å². The third kappa shape index (κ3) is 5.74. The molecule has 7 nitrogen and oxygen atoms in total. The molecule has 0 saturated heterocycles. The molecule has 2 aromatic carbocycles. The van der Waals surface area contributed by atoms with Gasteiger partial charge in [0.2, 0.25) is 0 Å². The van der Waals surface area contributed by atoms with Crippen molar-refractivity contribution in [3.63, 3.8) is 0 Å². The van der Waals surface area contributed by atoms with Crippen LogP contribution in [-0.4, -0.2) is 30.8 Å². The Morgan fingerprint density at radius 3 is 2.67 bits per heavy atom. The summed E-state index contributed by atoms with van der Waals surface area (Å²) in [6.07, 6.45) is 5.49. The number of hydrogen-bond acceptors (Lipinski definition) is 5. The van der Waals surface area contributed by atoms with Crippen molar-refractivity contribution in [1.82, 2.24) is 19.7 Å². The van der Waals surface area contributed by atoms with E-state index in [4.69, 9.17) is 9.84 Å². The van der Waals surface area contributed by atoms with Gasteiger partial charge < -0.3 is 9.84 Å². The fraction of sp³-hybridized carbons (Fsp3) is 0.231. The van der Waals surface area contributed by atoms with Crippen LogP contribution < -0.4 is 4.74 Å². The summed E-state index contributed by atoms with van der Waals surface area (Å²) in [4.78, 5) is 19.7. The lowest BCUT2D eigenvalue weighted by Crippen LogP contribution is -2.04. The van der Waals surface area contributed by atoms with Gasteiger partial charge in [0, 0.05) is 17.8 Å². The van der Waals surface area contributed by atoms with Gasteiger partial charge in [-0.15, -0.1) is 5.92 Å². The molecule has 0 radical (unpaired) electrons. The fourth-order valence-corrected chi connectivity index (χ4v) is 3.51. The maximum Gasteiger partial charge on any atom is 0.304 e. The molecule has 0 spiro atoms. The van der Waals surface area contributed by atoms with Crippen molar-refractivity contribution in [2.75, 3.05) is 0 Å². The Labute approximate surface area is 192 Å². The minimum absolute atomic E-state index is 0.0236. The minimum atomic E-state index is -0.868. The van der Waals surface area contributed by atoms with E-state index in [0.29, 0.717) is 18.9 Å². The number of rotatable bonds is 8. The van der Waals surface area contributed by atoms with Gasteiger partial charge in [0.25, 0.3) is 0 Å². The quantitative estimate of drug-likeness (QED) is 0.410. The highest BCUT2D eigenvalue weighted by Gasteiger charge is 2.13. The predicted octanol–water partition coefficient (Wildman–Crippen LogP) is 4.34. The number of aliphatic carboxylic acids is 1. The number of fused-ring (bicyclic) bond motifs is 1. The second-order valence-electron chi connectivity index (χ2n) is 7.77. The lowest BCUT2D eigenvalue weighted by molar-refractivity contribution is -0.137. The normalized spacial score (nSPS) is 11.6. The molecule has 4 aromatic rings. The molecule has 33 heavy (non-hydrogen) atoms. The highest BCUT2D eigenvalue weighted by molar-refractivity contribution is 5.78. The first-order valence-corrected chi connectivity index (χ1v) is 10.6. The van der Waals surface area contributed by atoms with Crippen molar-refractivity contribution in [1.29, 1.82) is 0 Å². The Kier molecular flexibility index (Phi) is 6.65. The number of carboxylic acid groups (broad SMARTS) is 1. The Balaban J connectivity index is 1.41. The summed E-state index contributed by atoms with van der Waals surface area (Å²) in [5.74, 6) is 5.27. The van der Waals surface area contributed by atoms with Gasteiger partial charge in [0.15, 0.2) is 0 Å². The second kappa shape index (κ2) is 9.96. The van der Waals surface area contributed by atoms with Gasteiger partial charge in [-0.1, -0.05) is 30.2 Å². The molecular weight excluding hydrogens is 416 g/mol. The number of hydrogen-bond donors (Lipinski definition) is 1. The van der Waals surface area contributed by atoms with Crippen molar-refractivity contribution in [2.45, 2.75) is 39.3 Å². The van der Waals surface area contributed by atoms with Crippen molar-refractivity contribution < 1.29 is 14.6 Å². The zero-order valence-electron chi connectivity index (χ0n) is 18.5. The molecule has 2 heterocycles. The summed E-state index contributed by atoms with van der Waals surface area (Å²) in [7, 11) is 0. The van der Waals surface area contributed by atoms with Gasteiger partial charge in [-0.2, -0.15) is 5.10 Å². The summed E-state index contributed by atoms with van der Waals surface area (Å²) < 4.78 is 7.79. The first kappa shape index (κ1) is 22.0. The molecule has 166 valence electrons. The third-order valence-corrected chi connectivity index (χ3v) is 5.16. The van der Waals surface area contributed by atoms with E-state index < -0.39 is 5.97 Å². The first-order valence-electron chi connectivity index (χ1n) is 10.6. The van der Waals surface area contributed by atoms with E-state index in [-0.39, 0.29) is 12.3 Å². The fourth-order valence-electron chi connectivity index (χ4n) is 3.51. The van der Waals surface area contributed by atoms with E-state index in [2.05, 4.69) is 26.9 Å². The molecule has 0 fully saturated rings. The number of aromatic nitrogens is 4. The highest BCUT2D eigenvalue weighted by Crippen LogP contribution is 2.23. The lowest BCUT2D eigenvalue weighted by Gasteiger charge is -2.11. The van der Waals surface area contributed by atoms with Gasteiger partial charge in [-0.05, 0) is 43.2 Å². The summed E-state index contributed by atoms with van der Waals surface area (Å²) in [6, 6.07) is 13.5. The second-order valence-corrected chi connectivity index (χ2v) is 7.77. The van der Waals surface area contributed by atoms with Crippen LogP contribution in [0.2, 0.25) is 0 Å². The van der Waals surface area contributed by atoms with Crippen LogP contribution in [-0.2, 0) is 17.9 Å². The van der Waals surface area contributed by atoms with Crippen molar-refractivity contribution in [3.05, 3.63) is 83.6 Å². The highest BCUT2D eigenvalue weighted by atomic mass is 16.5. The van der Waals surface area contributed by atoms with E-state index in [1.54, 1.807) is 19.3 Å². The maximum atomic E-state index is 11.1. The Bertz CT molecular complexity index is 1320. The van der Waals surface area contributed by atoms with Crippen LogP contribution in [0, 0.1) is 18.8 Å². The van der Waals surface area contributed by atoms with Gasteiger partial charge in [0.05, 0.1) is 42.0 Å². The van der Waals surface area contributed by atoms with E-state index >= 15 is 0 Å². The number of ether oxygens (including phenoxy) is 1. The van der Waals surface area contributed by atoms with Crippen LogP contribution in [0.15, 0.2) is 61.1 Å². The SMILES string of the molecule is CC#CC(CC(=O)O)c1ccc(OCc2ccc3cn(Cc4cnc(C)cn4)nc3c2)cc1. The van der Waals surface area contributed by atoms with Crippen molar-refractivity contribution in [3.8, 4) is 17.6 Å². The van der Waals surface area contributed by atoms with Gasteiger partial charge in [-0.25, -0.2) is 0 Å². The maximum absolute atomic E-state index is 11.1. The summed E-state index contributed by atoms with van der Waals surface area (Å²) in [6.45, 7) is 4.58. The topological polar surface area (TPSA) is 90.1 Å². The Morgan fingerprint density at radius 1 is 1.15 bits per heavy atom. The molecule has 0 amide bonds. The largest absolute Gasteiger partial charge is 0.489 e. The summed E-state index contributed by atoms with van der Waals surface area (Å²) in [5.41, 5.74) is 4.51. The molecule has 2 aromatic heterocycles. The van der Waals surface area contributed by atoms with Gasteiger partial charge in [-0.3, -0.25) is 19.4 Å². The molecule has 1 atom stereocenters. The molecule has 7 heteroatoms. The molecule has 0 bridgehead atoms. The van der Waals surface area contributed by atoms with E-state index in [1.807, 2.05) is 60.3 Å². The number of carboxylic acids is 1. The molecule has 1 unspecified atom stereocenters. The monoisotopic (exact) mass is 440 g/mol. The average molecular weight is 441 g/mol. The Morgan fingerprint density at radius 2 is 1.97 bits per heavy atom. The molecular formula is C26H24N4O3. The standard InChI is InChI=1S/C26H24N4O3/c1-3-4-21(12-26(31)32)20-7-9-24(10-8-20)33-17-19-5-6-22-15-30(29-25(22)11-19)16-23-14-27-18(2)13-28-23/h5-11,13-15,21H,12,16-17H2,1-2H3,(H,31,32). The molecule has 4 rings (SSSR count). The minimum Gasteiger partial charge on any atom is -0.489 e. The molecule has 0 aliphatic carbocycles. The zero-order chi connectivity index (χ0) is 23.2. The predicted molar refractivity (Wildman–Crippen MR) is 125 cm³/mol. The smallest absolute Gasteiger partial charge is 0.304 e. The molecule has 1 N–H and O–H groups in total. The van der Waals surface area contributed by atoms with Crippen LogP contribution in [0.3, 0.4) is 0 Å². The van der Waals surface area contributed by atoms with Crippen molar-refractivity contribution in [2.24, 2.45) is 0 Å². The van der Waals surface area contributed by atoms with Crippen LogP contribution >= 0.6 is 0 Å². The van der Waals surface area contributed by atoms with E-state index in [9.17, 15) is 4.79 Å². The molecule has 0 aliphatic rings. The average Bonchev–Trinajstić information content (AvgIpc) is 3.20. The first-order chi connectivity index (χ1) is 16.0.